The summed E-state index contributed by atoms with van der Waals surface area (Å²) in [7, 11) is -3.42. The zero-order valence-corrected chi connectivity index (χ0v) is 19.1. The van der Waals surface area contributed by atoms with E-state index < -0.39 is 38.1 Å². The summed E-state index contributed by atoms with van der Waals surface area (Å²) in [5.41, 5.74) is 1.04. The van der Waals surface area contributed by atoms with Crippen molar-refractivity contribution in [3.05, 3.63) is 59.9 Å². The molecule has 1 saturated heterocycles. The molecule has 1 unspecified atom stereocenters. The predicted octanol–water partition coefficient (Wildman–Crippen LogP) is 1.83. The van der Waals surface area contributed by atoms with Crippen LogP contribution in [0.5, 0.6) is 0 Å². The Bertz CT molecular complexity index is 949. The topological polar surface area (TPSA) is 125 Å². The van der Waals surface area contributed by atoms with E-state index in [-0.39, 0.29) is 18.2 Å². The van der Waals surface area contributed by atoms with Crippen LogP contribution in [-0.4, -0.2) is 70.5 Å². The molecule has 0 spiro atoms. The Hall–Kier alpha value is -2.13. The average molecular weight is 464 g/mol. The van der Waals surface area contributed by atoms with Crippen LogP contribution < -0.4 is 5.09 Å². The molecule has 2 aliphatic heterocycles. The molecule has 0 bridgehead atoms. The first kappa shape index (κ1) is 24.5. The minimum Gasteiger partial charge on any atom is -0.387 e. The molecule has 2 heterocycles. The summed E-state index contributed by atoms with van der Waals surface area (Å²) in [5, 5.41) is 23.5. The molecule has 0 amide bonds. The Morgan fingerprint density at radius 1 is 1.28 bits per heavy atom. The Kier molecular flexibility index (Phi) is 7.82. The van der Waals surface area contributed by atoms with Gasteiger partial charge in [-0.2, -0.15) is 0 Å². The number of ketones is 2. The minimum absolute atomic E-state index is 0.0931. The molecule has 0 aromatic heterocycles. The summed E-state index contributed by atoms with van der Waals surface area (Å²) < 4.78 is 24.1. The van der Waals surface area contributed by atoms with Crippen molar-refractivity contribution in [2.24, 2.45) is 0 Å². The van der Waals surface area contributed by atoms with Gasteiger partial charge in [-0.3, -0.25) is 14.2 Å². The van der Waals surface area contributed by atoms with Crippen LogP contribution in [0.25, 0.3) is 0 Å². The second-order valence-electron chi connectivity index (χ2n) is 8.02. The number of nitrogens with one attached hydrogen (secondary N) is 1. The quantitative estimate of drug-likeness (QED) is 0.371. The number of rotatable bonds is 9. The predicted molar refractivity (Wildman–Crippen MR) is 118 cm³/mol. The monoisotopic (exact) mass is 464 g/mol. The lowest BCUT2D eigenvalue weighted by molar-refractivity contribution is -0.114. The fraction of sp³-hybridized carbons (Fsp3) is 0.455. The summed E-state index contributed by atoms with van der Waals surface area (Å²) in [6.07, 6.45) is 1.06. The second kappa shape index (κ2) is 10.2. The normalized spacial score (nSPS) is 28.2. The molecule has 1 aromatic rings. The number of carbonyl (C=O) groups is 2. The van der Waals surface area contributed by atoms with E-state index in [1.54, 1.807) is 55.7 Å². The summed E-state index contributed by atoms with van der Waals surface area (Å²) in [6.45, 7) is 4.13. The maximum Gasteiger partial charge on any atom is 0.267 e. The van der Waals surface area contributed by atoms with E-state index in [0.29, 0.717) is 17.6 Å². The van der Waals surface area contributed by atoms with Gasteiger partial charge in [0.05, 0.1) is 12.6 Å². The van der Waals surface area contributed by atoms with Gasteiger partial charge in [-0.1, -0.05) is 36.4 Å². The van der Waals surface area contributed by atoms with Crippen LogP contribution in [0.15, 0.2) is 54.4 Å². The lowest BCUT2D eigenvalue weighted by Crippen LogP contribution is -2.40. The maximum atomic E-state index is 12.9. The molecule has 10 heteroatoms. The van der Waals surface area contributed by atoms with E-state index in [1.807, 2.05) is 0 Å². The molecular weight excluding hydrogens is 435 g/mol. The van der Waals surface area contributed by atoms with Crippen LogP contribution in [0.1, 0.15) is 30.6 Å². The molecule has 174 valence electrons. The highest BCUT2D eigenvalue weighted by atomic mass is 31.2. The van der Waals surface area contributed by atoms with Crippen molar-refractivity contribution in [2.45, 2.75) is 50.8 Å². The van der Waals surface area contributed by atoms with Gasteiger partial charge >= 0.3 is 0 Å². The SMILES string of the molecule is CC(=O)C1=CN([C@@H]2O[C@H](COP(C)(=O)N[C@@H](C)C(=O)c3ccccc3)[C@@H](O)[C@H]2O)C=CC1. The largest absolute Gasteiger partial charge is 0.387 e. The van der Waals surface area contributed by atoms with Gasteiger partial charge < -0.3 is 24.4 Å². The van der Waals surface area contributed by atoms with Gasteiger partial charge in [0.2, 0.25) is 0 Å². The van der Waals surface area contributed by atoms with Gasteiger partial charge in [0.1, 0.15) is 18.3 Å². The molecule has 6 atom stereocenters. The van der Waals surface area contributed by atoms with Crippen molar-refractivity contribution in [1.82, 2.24) is 9.99 Å². The minimum atomic E-state index is -3.42. The van der Waals surface area contributed by atoms with Crippen LogP contribution >= 0.6 is 7.52 Å². The molecule has 1 aromatic carbocycles. The highest BCUT2D eigenvalue weighted by Crippen LogP contribution is 2.40. The van der Waals surface area contributed by atoms with Crippen LogP contribution in [0.4, 0.5) is 0 Å². The van der Waals surface area contributed by atoms with Crippen molar-refractivity contribution in [3.63, 3.8) is 0 Å². The average Bonchev–Trinajstić information content (AvgIpc) is 3.06. The van der Waals surface area contributed by atoms with Crippen molar-refractivity contribution >= 4 is 19.1 Å². The van der Waals surface area contributed by atoms with Gasteiger partial charge in [-0.25, -0.2) is 5.09 Å². The summed E-state index contributed by atoms with van der Waals surface area (Å²) in [6, 6.07) is 7.88. The standard InChI is InChI=1S/C22H29N2O7P/c1-14(19(26)16-8-5-4-6-9-16)23-32(3,29)30-13-18-20(27)21(28)22(31-18)24-11-7-10-17(12-24)15(2)25/h4-9,11-12,14,18,20-22,27-28H,10,13H2,1-3H3,(H,23,29)/t14-,18+,20+,21+,22+,32?/m0/s1. The molecule has 3 N–H and O–H groups in total. The number of nitrogens with zero attached hydrogens (tertiary/aromatic N) is 1. The molecule has 3 rings (SSSR count). The van der Waals surface area contributed by atoms with E-state index in [0.717, 1.165) is 0 Å². The van der Waals surface area contributed by atoms with E-state index in [9.17, 15) is 24.4 Å². The zero-order chi connectivity index (χ0) is 23.5. The Balaban J connectivity index is 1.58. The first-order valence-electron chi connectivity index (χ1n) is 10.4. The molecule has 32 heavy (non-hydrogen) atoms. The molecule has 9 nitrogen and oxygen atoms in total. The van der Waals surface area contributed by atoms with Gasteiger partial charge in [0.15, 0.2) is 17.8 Å². The molecule has 0 aliphatic carbocycles. The van der Waals surface area contributed by atoms with Crippen LogP contribution in [-0.2, 0) is 18.6 Å². The lowest BCUT2D eigenvalue weighted by Gasteiger charge is -2.28. The number of benzene rings is 1. The molecule has 2 aliphatic rings. The molecule has 1 fully saturated rings. The third-order valence-corrected chi connectivity index (χ3v) is 6.87. The number of Topliss-reactive ketones (excluding diaryl/α,β-unsaturated/α-hetero) is 2. The first-order valence-corrected chi connectivity index (χ1v) is 12.4. The van der Waals surface area contributed by atoms with Crippen molar-refractivity contribution in [2.75, 3.05) is 13.3 Å². The van der Waals surface area contributed by atoms with E-state index in [2.05, 4.69) is 5.09 Å². The Morgan fingerprint density at radius 3 is 2.62 bits per heavy atom. The summed E-state index contributed by atoms with van der Waals surface area (Å²) in [4.78, 5) is 25.7. The number of hydrogen-bond acceptors (Lipinski definition) is 8. The third-order valence-electron chi connectivity index (χ3n) is 5.37. The highest BCUT2D eigenvalue weighted by molar-refractivity contribution is 7.56. The van der Waals surface area contributed by atoms with E-state index >= 15 is 0 Å². The van der Waals surface area contributed by atoms with E-state index in [1.165, 1.54) is 18.5 Å². The van der Waals surface area contributed by atoms with Gasteiger partial charge in [-0.05, 0) is 20.3 Å². The van der Waals surface area contributed by atoms with Gasteiger partial charge in [0, 0.05) is 30.2 Å². The Morgan fingerprint density at radius 2 is 1.97 bits per heavy atom. The number of carbonyl (C=O) groups excluding carboxylic acids is 2. The van der Waals surface area contributed by atoms with Crippen molar-refractivity contribution < 1.29 is 33.6 Å². The smallest absolute Gasteiger partial charge is 0.267 e. The number of allylic oxidation sites excluding steroid dienone is 2. The molecular formula is C22H29N2O7P. The van der Waals surface area contributed by atoms with Crippen LogP contribution in [0, 0.1) is 0 Å². The second-order valence-corrected chi connectivity index (χ2v) is 10.2. The molecule has 0 radical (unpaired) electrons. The first-order chi connectivity index (χ1) is 15.1. The number of hydrogen-bond donors (Lipinski definition) is 3. The van der Waals surface area contributed by atoms with Crippen molar-refractivity contribution in [3.8, 4) is 0 Å². The Labute approximate surface area is 187 Å². The number of ether oxygens (including phenoxy) is 1. The maximum absolute atomic E-state index is 12.9. The fourth-order valence-corrected chi connectivity index (χ4v) is 4.93. The third kappa shape index (κ3) is 5.81. The summed E-state index contributed by atoms with van der Waals surface area (Å²) >= 11 is 0. The van der Waals surface area contributed by atoms with Crippen LogP contribution in [0.2, 0.25) is 0 Å². The van der Waals surface area contributed by atoms with Crippen molar-refractivity contribution in [1.29, 1.82) is 0 Å². The fourth-order valence-electron chi connectivity index (χ4n) is 3.60. The summed E-state index contributed by atoms with van der Waals surface area (Å²) in [5.74, 6) is -0.321. The number of aliphatic hydroxyl groups is 2. The lowest BCUT2D eigenvalue weighted by atomic mass is 10.1. The molecule has 0 saturated carbocycles. The van der Waals surface area contributed by atoms with Gasteiger partial charge in [-0.15, -0.1) is 0 Å². The van der Waals surface area contributed by atoms with Gasteiger partial charge in [0.25, 0.3) is 7.52 Å². The van der Waals surface area contributed by atoms with E-state index in [4.69, 9.17) is 9.26 Å². The highest BCUT2D eigenvalue weighted by Gasteiger charge is 2.45. The van der Waals surface area contributed by atoms with Crippen LogP contribution in [0.3, 0.4) is 0 Å². The zero-order valence-electron chi connectivity index (χ0n) is 18.2. The number of aliphatic hydroxyl groups excluding tert-OH is 2.